The Morgan fingerprint density at radius 1 is 1.32 bits per heavy atom. The van der Waals surface area contributed by atoms with E-state index in [2.05, 4.69) is 5.16 Å². The summed E-state index contributed by atoms with van der Waals surface area (Å²) in [4.78, 5) is 15.5. The molecule has 0 saturated carbocycles. The van der Waals surface area contributed by atoms with Crippen LogP contribution in [0.5, 0.6) is 5.75 Å². The molecule has 7 heteroatoms. The van der Waals surface area contributed by atoms with E-state index in [9.17, 15) is 4.79 Å². The Labute approximate surface area is 167 Å². The summed E-state index contributed by atoms with van der Waals surface area (Å²) in [6.07, 6.45) is 2.10. The van der Waals surface area contributed by atoms with Crippen molar-refractivity contribution in [2.75, 3.05) is 20.3 Å². The van der Waals surface area contributed by atoms with Crippen molar-refractivity contribution in [2.45, 2.75) is 25.5 Å². The van der Waals surface area contributed by atoms with Gasteiger partial charge in [0, 0.05) is 24.8 Å². The van der Waals surface area contributed by atoms with Gasteiger partial charge in [-0.05, 0) is 48.6 Å². The molecular formula is C21H22N2O4S. The number of ether oxygens (including phenoxy) is 2. The second kappa shape index (κ2) is 8.58. The van der Waals surface area contributed by atoms with Crippen LogP contribution in [0.4, 0.5) is 0 Å². The van der Waals surface area contributed by atoms with Gasteiger partial charge in [0.2, 0.25) is 0 Å². The number of hydrogen-bond donors (Lipinski definition) is 0. The lowest BCUT2D eigenvalue weighted by Gasteiger charge is -2.24. The van der Waals surface area contributed by atoms with Gasteiger partial charge in [0.05, 0.1) is 24.6 Å². The molecule has 0 aliphatic carbocycles. The molecule has 2 aromatic heterocycles. The van der Waals surface area contributed by atoms with Gasteiger partial charge in [-0.1, -0.05) is 11.2 Å². The minimum atomic E-state index is -0.000465. The lowest BCUT2D eigenvalue weighted by molar-refractivity contribution is 0.0506. The number of carbonyl (C=O) groups excluding carboxylic acids is 1. The van der Waals surface area contributed by atoms with Gasteiger partial charge in [0.25, 0.3) is 5.91 Å². The van der Waals surface area contributed by atoms with Crippen molar-refractivity contribution in [3.05, 3.63) is 58.4 Å². The fourth-order valence-corrected chi connectivity index (χ4v) is 3.97. The zero-order chi connectivity index (χ0) is 19.3. The number of aromatic nitrogens is 1. The smallest absolute Gasteiger partial charge is 0.264 e. The van der Waals surface area contributed by atoms with E-state index in [0.717, 1.165) is 35.6 Å². The Morgan fingerprint density at radius 2 is 2.18 bits per heavy atom. The first kappa shape index (κ1) is 18.7. The van der Waals surface area contributed by atoms with Crippen molar-refractivity contribution in [3.63, 3.8) is 0 Å². The second-order valence-electron chi connectivity index (χ2n) is 6.71. The topological polar surface area (TPSA) is 64.8 Å². The zero-order valence-electron chi connectivity index (χ0n) is 15.7. The molecule has 1 unspecified atom stereocenters. The van der Waals surface area contributed by atoms with Crippen LogP contribution in [-0.2, 0) is 11.3 Å². The van der Waals surface area contributed by atoms with Crippen LogP contribution in [0, 0.1) is 0 Å². The summed E-state index contributed by atoms with van der Waals surface area (Å²) in [5, 5.41) is 6.09. The average Bonchev–Trinajstić information content (AvgIpc) is 3.49. The van der Waals surface area contributed by atoms with E-state index >= 15 is 0 Å². The molecule has 146 valence electrons. The molecule has 1 aliphatic rings. The highest BCUT2D eigenvalue weighted by Gasteiger charge is 2.25. The Balaban J connectivity index is 1.51. The maximum absolute atomic E-state index is 13.0. The third-order valence-corrected chi connectivity index (χ3v) is 5.61. The van der Waals surface area contributed by atoms with Gasteiger partial charge in [-0.3, -0.25) is 4.79 Å². The maximum Gasteiger partial charge on any atom is 0.264 e. The number of benzene rings is 1. The van der Waals surface area contributed by atoms with Crippen molar-refractivity contribution < 1.29 is 18.8 Å². The van der Waals surface area contributed by atoms with Crippen molar-refractivity contribution in [1.29, 1.82) is 0 Å². The largest absolute Gasteiger partial charge is 0.497 e. The molecule has 1 fully saturated rings. The van der Waals surface area contributed by atoms with Crippen LogP contribution in [0.25, 0.3) is 11.3 Å². The molecule has 3 aromatic rings. The van der Waals surface area contributed by atoms with Crippen LogP contribution >= 0.6 is 11.3 Å². The van der Waals surface area contributed by atoms with Crippen LogP contribution in [-0.4, -0.2) is 42.3 Å². The minimum absolute atomic E-state index is 0.000465. The summed E-state index contributed by atoms with van der Waals surface area (Å²) in [5.41, 5.74) is 1.63. The van der Waals surface area contributed by atoms with Gasteiger partial charge in [-0.15, -0.1) is 11.3 Å². The van der Waals surface area contributed by atoms with E-state index < -0.39 is 0 Å². The monoisotopic (exact) mass is 398 g/mol. The summed E-state index contributed by atoms with van der Waals surface area (Å²) in [6, 6.07) is 13.2. The Bertz CT molecular complexity index is 899. The van der Waals surface area contributed by atoms with E-state index in [4.69, 9.17) is 14.0 Å². The number of nitrogens with zero attached hydrogens (tertiary/aromatic N) is 2. The summed E-state index contributed by atoms with van der Waals surface area (Å²) in [7, 11) is 1.63. The van der Waals surface area contributed by atoms with E-state index in [1.54, 1.807) is 12.0 Å². The molecule has 0 spiro atoms. The Hall–Kier alpha value is -2.64. The van der Waals surface area contributed by atoms with Gasteiger partial charge < -0.3 is 18.9 Å². The van der Waals surface area contributed by atoms with E-state index in [1.165, 1.54) is 11.3 Å². The van der Waals surface area contributed by atoms with Crippen LogP contribution in [0.3, 0.4) is 0 Å². The van der Waals surface area contributed by atoms with Crippen LogP contribution in [0.15, 0.2) is 52.4 Å². The van der Waals surface area contributed by atoms with Crippen molar-refractivity contribution in [2.24, 2.45) is 0 Å². The Kier molecular flexibility index (Phi) is 5.73. The van der Waals surface area contributed by atoms with Crippen molar-refractivity contribution in [3.8, 4) is 17.1 Å². The van der Waals surface area contributed by atoms with Crippen molar-refractivity contribution in [1.82, 2.24) is 10.1 Å². The normalized spacial score (nSPS) is 16.2. The molecule has 4 rings (SSSR count). The molecule has 1 amide bonds. The first-order valence-electron chi connectivity index (χ1n) is 9.27. The molecular weight excluding hydrogens is 376 g/mol. The number of hydrogen-bond acceptors (Lipinski definition) is 6. The molecule has 1 atom stereocenters. The predicted octanol–water partition coefficient (Wildman–Crippen LogP) is 4.23. The van der Waals surface area contributed by atoms with Crippen LogP contribution < -0.4 is 4.74 Å². The van der Waals surface area contributed by atoms with E-state index in [1.807, 2.05) is 47.8 Å². The third kappa shape index (κ3) is 4.26. The first-order valence-corrected chi connectivity index (χ1v) is 10.2. The second-order valence-corrected chi connectivity index (χ2v) is 7.66. The number of rotatable bonds is 7. The maximum atomic E-state index is 13.0. The van der Waals surface area contributed by atoms with E-state index in [0.29, 0.717) is 24.5 Å². The number of methoxy groups -OCH3 is 1. The molecule has 1 aromatic carbocycles. The number of carbonyl (C=O) groups is 1. The summed E-state index contributed by atoms with van der Waals surface area (Å²) in [5.74, 6) is 1.45. The minimum Gasteiger partial charge on any atom is -0.497 e. The fourth-order valence-electron chi connectivity index (χ4n) is 3.28. The standard InChI is InChI=1S/C21H22N2O4S/c1-25-17-8-6-15(7-9-17)19-12-16(22-27-19)13-23(14-18-4-2-10-26-18)21(24)20-5-3-11-28-20/h3,5-9,11-12,18H,2,4,10,13-14H2,1H3. The Morgan fingerprint density at radius 3 is 2.86 bits per heavy atom. The van der Waals surface area contributed by atoms with Crippen LogP contribution in [0.1, 0.15) is 28.2 Å². The number of amides is 1. The van der Waals surface area contributed by atoms with Crippen LogP contribution in [0.2, 0.25) is 0 Å². The highest BCUT2D eigenvalue weighted by Crippen LogP contribution is 2.25. The molecule has 6 nitrogen and oxygen atoms in total. The molecule has 28 heavy (non-hydrogen) atoms. The SMILES string of the molecule is COc1ccc(-c2cc(CN(CC3CCCO3)C(=O)c3cccs3)no2)cc1. The molecule has 0 N–H and O–H groups in total. The molecule has 3 heterocycles. The van der Waals surface area contributed by atoms with Gasteiger partial charge in [-0.2, -0.15) is 0 Å². The third-order valence-electron chi connectivity index (χ3n) is 4.75. The fraction of sp³-hybridized carbons (Fsp3) is 0.333. The zero-order valence-corrected chi connectivity index (χ0v) is 16.5. The lowest BCUT2D eigenvalue weighted by atomic mass is 10.1. The number of thiophene rings is 1. The molecule has 0 radical (unpaired) electrons. The summed E-state index contributed by atoms with van der Waals surface area (Å²) in [6.45, 7) is 1.70. The predicted molar refractivity (Wildman–Crippen MR) is 107 cm³/mol. The highest BCUT2D eigenvalue weighted by molar-refractivity contribution is 7.12. The van der Waals surface area contributed by atoms with Gasteiger partial charge >= 0.3 is 0 Å². The lowest BCUT2D eigenvalue weighted by Crippen LogP contribution is -2.36. The van der Waals surface area contributed by atoms with Crippen molar-refractivity contribution >= 4 is 17.2 Å². The average molecular weight is 398 g/mol. The van der Waals surface area contributed by atoms with Gasteiger partial charge in [0.15, 0.2) is 5.76 Å². The first-order chi connectivity index (χ1) is 13.7. The highest BCUT2D eigenvalue weighted by atomic mass is 32.1. The van der Waals surface area contributed by atoms with Gasteiger partial charge in [0.1, 0.15) is 11.4 Å². The molecule has 1 aliphatic heterocycles. The molecule has 1 saturated heterocycles. The summed E-state index contributed by atoms with van der Waals surface area (Å²) < 4.78 is 16.4. The quantitative estimate of drug-likeness (QED) is 0.596. The molecule has 0 bridgehead atoms. The van der Waals surface area contributed by atoms with Gasteiger partial charge in [-0.25, -0.2) is 0 Å². The van der Waals surface area contributed by atoms with E-state index in [-0.39, 0.29) is 12.0 Å². The summed E-state index contributed by atoms with van der Waals surface area (Å²) >= 11 is 1.45.